The number of nitrogens with zero attached hydrogens (tertiary/aromatic N) is 3. The molecule has 0 aliphatic heterocycles. The summed E-state index contributed by atoms with van der Waals surface area (Å²) in [4.78, 5) is 38.2. The third-order valence-electron chi connectivity index (χ3n) is 5.37. The number of carbonyl (C=O) groups excluding carboxylic acids is 1. The summed E-state index contributed by atoms with van der Waals surface area (Å²) < 4.78 is 10.6. The summed E-state index contributed by atoms with van der Waals surface area (Å²) in [7, 11) is 4.96. The first kappa shape index (κ1) is 23.0. The van der Waals surface area contributed by atoms with E-state index in [1.165, 1.54) is 0 Å². The first-order chi connectivity index (χ1) is 15.4. The van der Waals surface area contributed by atoms with Crippen molar-refractivity contribution in [2.24, 2.45) is 0 Å². The summed E-state index contributed by atoms with van der Waals surface area (Å²) in [5.74, 6) is 1.81. The van der Waals surface area contributed by atoms with Crippen molar-refractivity contribution in [3.63, 3.8) is 0 Å². The van der Waals surface area contributed by atoms with E-state index < -0.39 is 0 Å². The molecule has 0 spiro atoms. The molecule has 0 saturated carbocycles. The second-order valence-corrected chi connectivity index (χ2v) is 7.47. The molecule has 0 atom stereocenters. The fourth-order valence-corrected chi connectivity index (χ4v) is 3.43. The van der Waals surface area contributed by atoms with E-state index in [0.717, 1.165) is 11.1 Å². The van der Waals surface area contributed by atoms with Crippen LogP contribution in [-0.2, 0) is 17.6 Å². The van der Waals surface area contributed by atoms with Gasteiger partial charge in [-0.1, -0.05) is 6.07 Å². The lowest BCUT2D eigenvalue weighted by Crippen LogP contribution is -2.30. The zero-order valence-electron chi connectivity index (χ0n) is 18.8. The number of hydrogen-bond acceptors (Lipinski definition) is 6. The number of methoxy groups -OCH3 is 2. The molecule has 0 fully saturated rings. The Morgan fingerprint density at radius 2 is 1.78 bits per heavy atom. The zero-order valence-corrected chi connectivity index (χ0v) is 18.8. The summed E-state index contributed by atoms with van der Waals surface area (Å²) in [5, 5.41) is 0. The highest BCUT2D eigenvalue weighted by molar-refractivity contribution is 5.76. The molecule has 3 aromatic rings. The number of aromatic amines is 1. The van der Waals surface area contributed by atoms with Crippen LogP contribution in [0.15, 0.2) is 47.5 Å². The van der Waals surface area contributed by atoms with Gasteiger partial charge in [0, 0.05) is 49.2 Å². The third-order valence-corrected chi connectivity index (χ3v) is 5.37. The average Bonchev–Trinajstić information content (AvgIpc) is 2.81. The zero-order chi connectivity index (χ0) is 23.1. The Hall–Kier alpha value is -3.68. The Labute approximate surface area is 187 Å². The highest BCUT2D eigenvalue weighted by atomic mass is 16.5. The predicted molar refractivity (Wildman–Crippen MR) is 122 cm³/mol. The number of carbonyl (C=O) groups is 1. The first-order valence-electron chi connectivity index (χ1n) is 10.4. The number of ether oxygens (including phenoxy) is 2. The van der Waals surface area contributed by atoms with Crippen molar-refractivity contribution < 1.29 is 14.3 Å². The van der Waals surface area contributed by atoms with Gasteiger partial charge in [0.1, 0.15) is 5.82 Å². The highest BCUT2D eigenvalue weighted by Crippen LogP contribution is 2.27. The molecule has 168 valence electrons. The molecule has 1 amide bonds. The van der Waals surface area contributed by atoms with Gasteiger partial charge in [-0.05, 0) is 49.6 Å². The van der Waals surface area contributed by atoms with Crippen LogP contribution in [0.3, 0.4) is 0 Å². The van der Waals surface area contributed by atoms with E-state index in [1.54, 1.807) is 57.6 Å². The van der Waals surface area contributed by atoms with Gasteiger partial charge in [0.05, 0.1) is 14.2 Å². The number of rotatable bonds is 9. The van der Waals surface area contributed by atoms with Gasteiger partial charge in [-0.25, -0.2) is 4.98 Å². The van der Waals surface area contributed by atoms with Crippen molar-refractivity contribution in [3.8, 4) is 22.9 Å². The number of aryl methyl sites for hydroxylation is 1. The second kappa shape index (κ2) is 10.6. The number of likely N-dealkylation sites (N-methyl/N-ethyl adjacent to an activating group) is 1. The maximum absolute atomic E-state index is 12.6. The van der Waals surface area contributed by atoms with E-state index in [9.17, 15) is 9.59 Å². The van der Waals surface area contributed by atoms with Crippen molar-refractivity contribution in [2.45, 2.75) is 26.2 Å². The molecule has 0 saturated heterocycles. The monoisotopic (exact) mass is 436 g/mol. The van der Waals surface area contributed by atoms with Gasteiger partial charge >= 0.3 is 0 Å². The lowest BCUT2D eigenvalue weighted by atomic mass is 10.1. The van der Waals surface area contributed by atoms with Crippen LogP contribution in [0.5, 0.6) is 11.5 Å². The summed E-state index contributed by atoms with van der Waals surface area (Å²) >= 11 is 0. The fraction of sp³-hybridized carbons (Fsp3) is 0.333. The Morgan fingerprint density at radius 1 is 1.06 bits per heavy atom. The molecule has 3 rings (SSSR count). The molecule has 8 nitrogen and oxygen atoms in total. The van der Waals surface area contributed by atoms with E-state index in [-0.39, 0.29) is 17.9 Å². The molecular weight excluding hydrogens is 408 g/mol. The largest absolute Gasteiger partial charge is 0.493 e. The minimum atomic E-state index is -0.218. The molecule has 1 N–H and O–H groups in total. The molecule has 0 aliphatic carbocycles. The Bertz CT molecular complexity index is 1130. The molecule has 0 unspecified atom stereocenters. The van der Waals surface area contributed by atoms with Gasteiger partial charge in [0.15, 0.2) is 11.5 Å². The Morgan fingerprint density at radius 3 is 2.44 bits per heavy atom. The van der Waals surface area contributed by atoms with Crippen LogP contribution in [0.4, 0.5) is 0 Å². The number of H-pyrrole nitrogens is 1. The quantitative estimate of drug-likeness (QED) is 0.554. The number of nitrogens with one attached hydrogen (secondary N) is 1. The number of aromatic nitrogens is 3. The SMILES string of the molecule is COc1ccc(CCN(C)C(=O)CCc2c(C)nc(-c3ccncc3)[nH]c2=O)cc1OC. The maximum Gasteiger partial charge on any atom is 0.254 e. The lowest BCUT2D eigenvalue weighted by Gasteiger charge is -2.18. The molecule has 0 radical (unpaired) electrons. The average molecular weight is 437 g/mol. The van der Waals surface area contributed by atoms with E-state index >= 15 is 0 Å². The first-order valence-corrected chi connectivity index (χ1v) is 10.4. The van der Waals surface area contributed by atoms with Gasteiger partial charge in [-0.2, -0.15) is 0 Å². The number of hydrogen-bond donors (Lipinski definition) is 1. The van der Waals surface area contributed by atoms with E-state index in [4.69, 9.17) is 9.47 Å². The van der Waals surface area contributed by atoms with Crippen LogP contribution >= 0.6 is 0 Å². The summed E-state index contributed by atoms with van der Waals surface area (Å²) in [6, 6.07) is 9.30. The van der Waals surface area contributed by atoms with Crippen molar-refractivity contribution in [1.82, 2.24) is 19.9 Å². The van der Waals surface area contributed by atoms with Crippen LogP contribution in [0.25, 0.3) is 11.4 Å². The van der Waals surface area contributed by atoms with E-state index in [2.05, 4.69) is 15.0 Å². The summed E-state index contributed by atoms with van der Waals surface area (Å²) in [6.45, 7) is 2.35. The number of pyridine rings is 1. The smallest absolute Gasteiger partial charge is 0.254 e. The molecule has 8 heteroatoms. The van der Waals surface area contributed by atoms with Crippen LogP contribution in [0, 0.1) is 6.92 Å². The topological polar surface area (TPSA) is 97.4 Å². The van der Waals surface area contributed by atoms with Gasteiger partial charge in [-0.3, -0.25) is 14.6 Å². The summed E-state index contributed by atoms with van der Waals surface area (Å²) in [6.07, 6.45) is 4.56. The van der Waals surface area contributed by atoms with E-state index in [1.807, 2.05) is 18.2 Å². The lowest BCUT2D eigenvalue weighted by molar-refractivity contribution is -0.129. The normalized spacial score (nSPS) is 10.6. The molecule has 0 aliphatic rings. The second-order valence-electron chi connectivity index (χ2n) is 7.47. The predicted octanol–water partition coefficient (Wildman–Crippen LogP) is 2.79. The maximum atomic E-state index is 12.6. The van der Waals surface area contributed by atoms with Crippen molar-refractivity contribution >= 4 is 5.91 Å². The van der Waals surface area contributed by atoms with Gasteiger partial charge in [-0.15, -0.1) is 0 Å². The molecule has 32 heavy (non-hydrogen) atoms. The molecule has 1 aromatic carbocycles. The van der Waals surface area contributed by atoms with Crippen molar-refractivity contribution in [2.75, 3.05) is 27.8 Å². The molecule has 2 heterocycles. The van der Waals surface area contributed by atoms with Gasteiger partial charge in [0.2, 0.25) is 5.91 Å². The van der Waals surface area contributed by atoms with E-state index in [0.29, 0.717) is 48.0 Å². The van der Waals surface area contributed by atoms with Crippen LogP contribution < -0.4 is 15.0 Å². The molecule has 2 aromatic heterocycles. The van der Waals surface area contributed by atoms with Gasteiger partial charge in [0.25, 0.3) is 5.56 Å². The minimum absolute atomic E-state index is 0.0255. The molecular formula is C24H28N4O4. The highest BCUT2D eigenvalue weighted by Gasteiger charge is 2.14. The Balaban J connectivity index is 1.59. The number of amides is 1. The minimum Gasteiger partial charge on any atom is -0.493 e. The fourth-order valence-electron chi connectivity index (χ4n) is 3.43. The van der Waals surface area contributed by atoms with Gasteiger partial charge < -0.3 is 19.4 Å². The Kier molecular flexibility index (Phi) is 7.59. The van der Waals surface area contributed by atoms with Crippen molar-refractivity contribution in [3.05, 3.63) is 69.9 Å². The standard InChI is InChI=1S/C24H28N4O4/c1-16-19(24(30)27-23(26-16)18-9-12-25-13-10-18)6-8-22(29)28(2)14-11-17-5-7-20(31-3)21(15-17)32-4/h5,7,9-10,12-13,15H,6,8,11,14H2,1-4H3,(H,26,27,30). The van der Waals surface area contributed by atoms with Crippen molar-refractivity contribution in [1.29, 1.82) is 0 Å². The van der Waals surface area contributed by atoms with Crippen LogP contribution in [0.2, 0.25) is 0 Å². The van der Waals surface area contributed by atoms with Crippen LogP contribution in [-0.4, -0.2) is 53.6 Å². The third kappa shape index (κ3) is 5.51. The number of benzene rings is 1. The van der Waals surface area contributed by atoms with Crippen LogP contribution in [0.1, 0.15) is 23.2 Å². The molecule has 0 bridgehead atoms. The summed E-state index contributed by atoms with van der Waals surface area (Å²) in [5.41, 5.74) is 2.78.